The topological polar surface area (TPSA) is 46.2 Å². The van der Waals surface area contributed by atoms with Gasteiger partial charge in [0.25, 0.3) is 0 Å². The van der Waals surface area contributed by atoms with Crippen molar-refractivity contribution in [1.82, 2.24) is 5.32 Å². The molecule has 19 heavy (non-hydrogen) atoms. The Balaban J connectivity index is 2.09. The normalized spacial score (nSPS) is 22.8. The van der Waals surface area contributed by atoms with Crippen LogP contribution in [0.5, 0.6) is 0 Å². The highest BCUT2D eigenvalue weighted by Gasteiger charge is 2.24. The van der Waals surface area contributed by atoms with Crippen molar-refractivity contribution in [1.29, 1.82) is 0 Å². The average Bonchev–Trinajstić information content (AvgIpc) is 2.68. The maximum atomic E-state index is 11.5. The van der Waals surface area contributed by atoms with E-state index in [4.69, 9.17) is 0 Å². The lowest BCUT2D eigenvalue weighted by Gasteiger charge is -2.24. The molecule has 3 nitrogen and oxygen atoms in total. The summed E-state index contributed by atoms with van der Waals surface area (Å²) in [5.41, 5.74) is 1.22. The molecule has 1 aliphatic heterocycles. The van der Waals surface area contributed by atoms with Crippen molar-refractivity contribution in [2.24, 2.45) is 5.92 Å². The number of benzene rings is 1. The number of rotatable bonds is 5. The lowest BCUT2D eigenvalue weighted by Crippen LogP contribution is -2.34. The van der Waals surface area contributed by atoms with Crippen molar-refractivity contribution in [2.75, 3.05) is 5.75 Å². The van der Waals surface area contributed by atoms with Crippen LogP contribution in [0.15, 0.2) is 41.8 Å². The second kappa shape index (κ2) is 5.88. The molecule has 0 saturated carbocycles. The van der Waals surface area contributed by atoms with E-state index in [1.807, 2.05) is 18.2 Å². The fourth-order valence-electron chi connectivity index (χ4n) is 2.40. The van der Waals surface area contributed by atoms with Gasteiger partial charge in [-0.25, -0.2) is 8.42 Å². The second-order valence-electron chi connectivity index (χ2n) is 5.52. The van der Waals surface area contributed by atoms with Crippen LogP contribution in [0.2, 0.25) is 0 Å². The standard InChI is InChI=1S/C15H21NO2S/c1-12(2)10-15(13-6-4-3-5-7-13)16-14-8-9-19(17,18)11-14/h3-9,12,14-16H,10-11H2,1-2H3. The third-order valence-corrected chi connectivity index (χ3v) is 4.65. The molecule has 1 aliphatic rings. The van der Waals surface area contributed by atoms with E-state index in [0.717, 1.165) is 6.42 Å². The van der Waals surface area contributed by atoms with Gasteiger partial charge in [-0.1, -0.05) is 50.3 Å². The van der Waals surface area contributed by atoms with Gasteiger partial charge in [0, 0.05) is 17.5 Å². The Bertz CT molecular complexity index is 535. The molecule has 1 aromatic carbocycles. The van der Waals surface area contributed by atoms with Crippen molar-refractivity contribution in [3.05, 3.63) is 47.4 Å². The number of hydrogen-bond donors (Lipinski definition) is 1. The summed E-state index contributed by atoms with van der Waals surface area (Å²) in [6, 6.07) is 10.3. The quantitative estimate of drug-likeness (QED) is 0.901. The molecule has 0 fully saturated rings. The summed E-state index contributed by atoms with van der Waals surface area (Å²) in [6.07, 6.45) is 2.75. The first-order valence-electron chi connectivity index (χ1n) is 6.68. The van der Waals surface area contributed by atoms with E-state index in [-0.39, 0.29) is 17.8 Å². The number of hydrogen-bond acceptors (Lipinski definition) is 3. The fraction of sp³-hybridized carbons (Fsp3) is 0.467. The summed E-state index contributed by atoms with van der Waals surface area (Å²) >= 11 is 0. The molecule has 2 atom stereocenters. The van der Waals surface area contributed by atoms with E-state index in [1.54, 1.807) is 6.08 Å². The van der Waals surface area contributed by atoms with Gasteiger partial charge in [0.05, 0.1) is 5.75 Å². The smallest absolute Gasteiger partial charge is 0.173 e. The van der Waals surface area contributed by atoms with E-state index in [1.165, 1.54) is 11.0 Å². The lowest BCUT2D eigenvalue weighted by atomic mass is 9.96. The summed E-state index contributed by atoms with van der Waals surface area (Å²) < 4.78 is 22.9. The molecule has 0 radical (unpaired) electrons. The molecule has 4 heteroatoms. The van der Waals surface area contributed by atoms with Gasteiger partial charge in [0.1, 0.15) is 0 Å². The first-order valence-corrected chi connectivity index (χ1v) is 8.40. The summed E-state index contributed by atoms with van der Waals surface area (Å²) in [5.74, 6) is 0.730. The summed E-state index contributed by atoms with van der Waals surface area (Å²) in [4.78, 5) is 0. The molecule has 1 N–H and O–H groups in total. The predicted octanol–water partition coefficient (Wildman–Crippen LogP) is 2.67. The highest BCUT2D eigenvalue weighted by molar-refractivity contribution is 7.94. The highest BCUT2D eigenvalue weighted by atomic mass is 32.2. The monoisotopic (exact) mass is 279 g/mol. The molecule has 0 spiro atoms. The summed E-state index contributed by atoms with van der Waals surface area (Å²) in [7, 11) is -2.99. The Morgan fingerprint density at radius 2 is 1.95 bits per heavy atom. The van der Waals surface area contributed by atoms with Crippen molar-refractivity contribution >= 4 is 9.84 Å². The maximum Gasteiger partial charge on any atom is 0.173 e. The Morgan fingerprint density at radius 1 is 1.26 bits per heavy atom. The average molecular weight is 279 g/mol. The maximum absolute atomic E-state index is 11.5. The van der Waals surface area contributed by atoms with Gasteiger partial charge in [-0.15, -0.1) is 0 Å². The SMILES string of the molecule is CC(C)CC(NC1C=CS(=O)(=O)C1)c1ccccc1. The minimum atomic E-state index is -2.99. The van der Waals surface area contributed by atoms with Crippen LogP contribution in [0.25, 0.3) is 0 Å². The van der Waals surface area contributed by atoms with Crippen LogP contribution < -0.4 is 5.32 Å². The zero-order valence-corrected chi connectivity index (χ0v) is 12.2. The van der Waals surface area contributed by atoms with Gasteiger partial charge in [0.2, 0.25) is 0 Å². The first kappa shape index (κ1) is 14.3. The van der Waals surface area contributed by atoms with Gasteiger partial charge >= 0.3 is 0 Å². The third-order valence-electron chi connectivity index (χ3n) is 3.25. The molecule has 0 bridgehead atoms. The number of sulfone groups is 1. The number of nitrogens with one attached hydrogen (secondary N) is 1. The van der Waals surface area contributed by atoms with Gasteiger partial charge in [-0.05, 0) is 17.9 Å². The van der Waals surface area contributed by atoms with E-state index in [9.17, 15) is 8.42 Å². The van der Waals surface area contributed by atoms with Crippen LogP contribution >= 0.6 is 0 Å². The summed E-state index contributed by atoms with van der Waals surface area (Å²) in [5, 5.41) is 4.77. The molecule has 0 saturated heterocycles. The van der Waals surface area contributed by atoms with Crippen LogP contribution in [-0.4, -0.2) is 20.2 Å². The van der Waals surface area contributed by atoms with Crippen molar-refractivity contribution < 1.29 is 8.42 Å². The highest BCUT2D eigenvalue weighted by Crippen LogP contribution is 2.23. The van der Waals surface area contributed by atoms with Crippen molar-refractivity contribution in [3.8, 4) is 0 Å². The van der Waals surface area contributed by atoms with Crippen molar-refractivity contribution in [2.45, 2.75) is 32.4 Å². The Morgan fingerprint density at radius 3 is 2.47 bits per heavy atom. The molecule has 0 aromatic heterocycles. The van der Waals surface area contributed by atoms with Gasteiger partial charge < -0.3 is 5.32 Å². The Hall–Kier alpha value is -1.13. The van der Waals surface area contributed by atoms with Crippen LogP contribution in [0.3, 0.4) is 0 Å². The van der Waals surface area contributed by atoms with E-state index in [0.29, 0.717) is 5.92 Å². The van der Waals surface area contributed by atoms with Crippen LogP contribution in [-0.2, 0) is 9.84 Å². The summed E-state index contributed by atoms with van der Waals surface area (Å²) in [6.45, 7) is 4.36. The van der Waals surface area contributed by atoms with E-state index >= 15 is 0 Å². The van der Waals surface area contributed by atoms with Crippen LogP contribution in [0.4, 0.5) is 0 Å². The molecule has 0 aliphatic carbocycles. The molecular weight excluding hydrogens is 258 g/mol. The fourth-order valence-corrected chi connectivity index (χ4v) is 3.64. The van der Waals surface area contributed by atoms with Gasteiger partial charge in [-0.2, -0.15) is 0 Å². The van der Waals surface area contributed by atoms with Gasteiger partial charge in [-0.3, -0.25) is 0 Å². The van der Waals surface area contributed by atoms with E-state index in [2.05, 4.69) is 31.3 Å². The van der Waals surface area contributed by atoms with Crippen molar-refractivity contribution in [3.63, 3.8) is 0 Å². The minimum absolute atomic E-state index is 0.0750. The van der Waals surface area contributed by atoms with Gasteiger partial charge in [0.15, 0.2) is 9.84 Å². The molecule has 1 heterocycles. The Labute approximate surface area is 115 Å². The van der Waals surface area contributed by atoms with Crippen LogP contribution in [0, 0.1) is 5.92 Å². The molecule has 0 amide bonds. The molecule has 104 valence electrons. The first-order chi connectivity index (χ1) is 8.96. The third kappa shape index (κ3) is 4.18. The molecule has 2 rings (SSSR count). The molecule has 1 aromatic rings. The van der Waals surface area contributed by atoms with Crippen LogP contribution in [0.1, 0.15) is 31.9 Å². The zero-order chi connectivity index (χ0) is 13.9. The Kier molecular flexibility index (Phi) is 4.42. The zero-order valence-electron chi connectivity index (χ0n) is 11.4. The second-order valence-corrected chi connectivity index (χ2v) is 7.46. The predicted molar refractivity (Wildman–Crippen MR) is 78.5 cm³/mol. The molecule has 2 unspecified atom stereocenters. The van der Waals surface area contributed by atoms with E-state index < -0.39 is 9.84 Å². The molecular formula is C15H21NO2S. The largest absolute Gasteiger partial charge is 0.303 e. The minimum Gasteiger partial charge on any atom is -0.303 e. The lowest BCUT2D eigenvalue weighted by molar-refractivity contribution is 0.415.